The maximum Gasteiger partial charge on any atom is 0.126 e. The molecule has 1 N–H and O–H groups in total. The van der Waals surface area contributed by atoms with Gasteiger partial charge in [-0.1, -0.05) is 36.4 Å². The quantitative estimate of drug-likeness (QED) is 0.815. The van der Waals surface area contributed by atoms with Crippen molar-refractivity contribution in [2.24, 2.45) is 0 Å². The van der Waals surface area contributed by atoms with Crippen LogP contribution in [0.1, 0.15) is 12.5 Å². The molecule has 0 amide bonds. The maximum absolute atomic E-state index is 13.3. The Morgan fingerprint density at radius 3 is 2.80 bits per heavy atom. The summed E-state index contributed by atoms with van der Waals surface area (Å²) >= 11 is 5.63. The Morgan fingerprint density at radius 2 is 2.20 bits per heavy atom. The number of benzene rings is 1. The molecule has 0 saturated carbocycles. The fourth-order valence-corrected chi connectivity index (χ4v) is 1.43. The monoisotopic (exact) mass is 227 g/mol. The van der Waals surface area contributed by atoms with E-state index in [4.69, 9.17) is 11.6 Å². The number of rotatable bonds is 5. The van der Waals surface area contributed by atoms with Crippen LogP contribution in [0, 0.1) is 5.82 Å². The molecular formula is C12H15ClFN. The first kappa shape index (κ1) is 12.2. The summed E-state index contributed by atoms with van der Waals surface area (Å²) in [7, 11) is 0. The van der Waals surface area contributed by atoms with Gasteiger partial charge in [0.1, 0.15) is 5.82 Å². The first-order valence-corrected chi connectivity index (χ1v) is 5.27. The summed E-state index contributed by atoms with van der Waals surface area (Å²) in [6.07, 6.45) is 0.650. The maximum atomic E-state index is 13.3. The van der Waals surface area contributed by atoms with E-state index in [1.165, 1.54) is 6.07 Å². The van der Waals surface area contributed by atoms with Gasteiger partial charge in [-0.25, -0.2) is 4.39 Å². The summed E-state index contributed by atoms with van der Waals surface area (Å²) in [5.41, 5.74) is 0.720. The normalized spacial score (nSPS) is 12.5. The van der Waals surface area contributed by atoms with Gasteiger partial charge in [0.05, 0.1) is 0 Å². The van der Waals surface area contributed by atoms with E-state index in [0.717, 1.165) is 5.56 Å². The summed E-state index contributed by atoms with van der Waals surface area (Å²) in [6, 6.07) is 6.98. The standard InChI is InChI=1S/C12H15ClFN/c1-9(13)8-15-10(2)7-11-5-3-4-6-12(11)14/h3-6,10,15H,1,7-8H2,2H3. The van der Waals surface area contributed by atoms with Crippen molar-refractivity contribution in [1.29, 1.82) is 0 Å². The molecule has 0 aliphatic heterocycles. The minimum atomic E-state index is -0.157. The van der Waals surface area contributed by atoms with Crippen LogP contribution in [-0.4, -0.2) is 12.6 Å². The number of halogens is 2. The van der Waals surface area contributed by atoms with Gasteiger partial charge in [0.15, 0.2) is 0 Å². The van der Waals surface area contributed by atoms with Crippen molar-refractivity contribution in [3.63, 3.8) is 0 Å². The molecule has 0 heterocycles. The summed E-state index contributed by atoms with van der Waals surface area (Å²) in [5, 5.41) is 3.72. The molecule has 1 aromatic carbocycles. The zero-order valence-corrected chi connectivity index (χ0v) is 9.52. The van der Waals surface area contributed by atoms with Gasteiger partial charge in [-0.05, 0) is 25.0 Å². The molecule has 0 radical (unpaired) electrons. The first-order chi connectivity index (χ1) is 7.09. The summed E-state index contributed by atoms with van der Waals surface area (Å²) in [5.74, 6) is -0.157. The average Bonchev–Trinajstić information content (AvgIpc) is 2.18. The molecule has 1 unspecified atom stereocenters. The second kappa shape index (κ2) is 5.89. The van der Waals surface area contributed by atoms with Crippen LogP contribution >= 0.6 is 11.6 Å². The van der Waals surface area contributed by atoms with Crippen molar-refractivity contribution in [1.82, 2.24) is 5.32 Å². The third-order valence-corrected chi connectivity index (χ3v) is 2.26. The minimum absolute atomic E-state index is 0.157. The largest absolute Gasteiger partial charge is 0.309 e. The van der Waals surface area contributed by atoms with Gasteiger partial charge in [0.25, 0.3) is 0 Å². The van der Waals surface area contributed by atoms with Crippen LogP contribution in [0.5, 0.6) is 0 Å². The summed E-state index contributed by atoms with van der Waals surface area (Å²) in [6.45, 7) is 6.13. The van der Waals surface area contributed by atoms with E-state index in [1.54, 1.807) is 12.1 Å². The second-order valence-electron chi connectivity index (χ2n) is 3.59. The SMILES string of the molecule is C=C(Cl)CNC(C)Cc1ccccc1F. The first-order valence-electron chi connectivity index (χ1n) is 4.89. The van der Waals surface area contributed by atoms with Gasteiger partial charge in [0.2, 0.25) is 0 Å². The summed E-state index contributed by atoms with van der Waals surface area (Å²) in [4.78, 5) is 0. The Bertz CT molecular complexity index is 338. The Hall–Kier alpha value is -0.860. The van der Waals surface area contributed by atoms with E-state index in [1.807, 2.05) is 13.0 Å². The molecule has 0 bridgehead atoms. The van der Waals surface area contributed by atoms with Gasteiger partial charge >= 0.3 is 0 Å². The number of hydrogen-bond donors (Lipinski definition) is 1. The Kier molecular flexibility index (Phi) is 4.79. The van der Waals surface area contributed by atoms with E-state index in [2.05, 4.69) is 11.9 Å². The molecule has 3 heteroatoms. The predicted molar refractivity (Wildman–Crippen MR) is 62.6 cm³/mol. The van der Waals surface area contributed by atoms with Crippen molar-refractivity contribution in [3.8, 4) is 0 Å². The molecule has 1 atom stereocenters. The van der Waals surface area contributed by atoms with Gasteiger partial charge in [-0.3, -0.25) is 0 Å². The number of hydrogen-bond acceptors (Lipinski definition) is 1. The van der Waals surface area contributed by atoms with Crippen LogP contribution in [0.3, 0.4) is 0 Å². The molecule has 0 spiro atoms. The lowest BCUT2D eigenvalue weighted by Crippen LogP contribution is -2.29. The zero-order valence-electron chi connectivity index (χ0n) is 8.76. The Labute approximate surface area is 95.0 Å². The molecular weight excluding hydrogens is 213 g/mol. The van der Waals surface area contributed by atoms with Crippen molar-refractivity contribution in [2.45, 2.75) is 19.4 Å². The molecule has 0 aliphatic carbocycles. The van der Waals surface area contributed by atoms with Crippen LogP contribution in [0.4, 0.5) is 4.39 Å². The highest BCUT2D eigenvalue weighted by Gasteiger charge is 2.06. The van der Waals surface area contributed by atoms with Crippen LogP contribution in [-0.2, 0) is 6.42 Å². The van der Waals surface area contributed by atoms with E-state index in [9.17, 15) is 4.39 Å². The van der Waals surface area contributed by atoms with Crippen LogP contribution < -0.4 is 5.32 Å². The molecule has 0 saturated heterocycles. The molecule has 1 rings (SSSR count). The average molecular weight is 228 g/mol. The Morgan fingerprint density at radius 1 is 1.53 bits per heavy atom. The van der Waals surface area contributed by atoms with Crippen molar-refractivity contribution < 1.29 is 4.39 Å². The third-order valence-electron chi connectivity index (χ3n) is 2.13. The highest BCUT2D eigenvalue weighted by Crippen LogP contribution is 2.09. The molecule has 15 heavy (non-hydrogen) atoms. The predicted octanol–water partition coefficient (Wildman–Crippen LogP) is 3.10. The molecule has 1 aromatic rings. The van der Waals surface area contributed by atoms with Gasteiger partial charge in [-0.15, -0.1) is 0 Å². The number of nitrogens with one attached hydrogen (secondary N) is 1. The third kappa shape index (κ3) is 4.45. The summed E-state index contributed by atoms with van der Waals surface area (Å²) < 4.78 is 13.3. The fraction of sp³-hybridized carbons (Fsp3) is 0.333. The molecule has 0 aliphatic rings. The van der Waals surface area contributed by atoms with E-state index in [-0.39, 0.29) is 11.9 Å². The molecule has 0 aromatic heterocycles. The molecule has 82 valence electrons. The van der Waals surface area contributed by atoms with Gasteiger partial charge in [-0.2, -0.15) is 0 Å². The smallest absolute Gasteiger partial charge is 0.126 e. The van der Waals surface area contributed by atoms with Gasteiger partial charge in [0, 0.05) is 17.6 Å². The van der Waals surface area contributed by atoms with Crippen LogP contribution in [0.15, 0.2) is 35.9 Å². The van der Waals surface area contributed by atoms with E-state index < -0.39 is 0 Å². The second-order valence-corrected chi connectivity index (χ2v) is 4.13. The topological polar surface area (TPSA) is 12.0 Å². The Balaban J connectivity index is 2.47. The van der Waals surface area contributed by atoms with Crippen LogP contribution in [0.2, 0.25) is 0 Å². The van der Waals surface area contributed by atoms with E-state index >= 15 is 0 Å². The fourth-order valence-electron chi connectivity index (χ4n) is 1.35. The lowest BCUT2D eigenvalue weighted by molar-refractivity contribution is 0.548. The van der Waals surface area contributed by atoms with Crippen molar-refractivity contribution >= 4 is 11.6 Å². The molecule has 0 fully saturated rings. The van der Waals surface area contributed by atoms with Crippen LogP contribution in [0.25, 0.3) is 0 Å². The highest BCUT2D eigenvalue weighted by atomic mass is 35.5. The minimum Gasteiger partial charge on any atom is -0.309 e. The van der Waals surface area contributed by atoms with Crippen molar-refractivity contribution in [2.75, 3.05) is 6.54 Å². The lowest BCUT2D eigenvalue weighted by atomic mass is 10.1. The van der Waals surface area contributed by atoms with Gasteiger partial charge < -0.3 is 5.32 Å². The molecule has 1 nitrogen and oxygen atoms in total. The zero-order chi connectivity index (χ0) is 11.3. The highest BCUT2D eigenvalue weighted by molar-refractivity contribution is 6.29. The lowest BCUT2D eigenvalue weighted by Gasteiger charge is -2.13. The van der Waals surface area contributed by atoms with E-state index in [0.29, 0.717) is 18.0 Å². The van der Waals surface area contributed by atoms with Crippen molar-refractivity contribution in [3.05, 3.63) is 47.3 Å².